The molecule has 94 valence electrons. The van der Waals surface area contributed by atoms with Gasteiger partial charge in [0.2, 0.25) is 0 Å². The van der Waals surface area contributed by atoms with E-state index in [1.54, 1.807) is 12.1 Å². The van der Waals surface area contributed by atoms with Crippen molar-refractivity contribution in [1.82, 2.24) is 0 Å². The molecule has 1 N–H and O–H groups in total. The highest BCUT2D eigenvalue weighted by molar-refractivity contribution is 5.26. The van der Waals surface area contributed by atoms with E-state index < -0.39 is 0 Å². The maximum Gasteiger partial charge on any atom is 0.115 e. The van der Waals surface area contributed by atoms with Gasteiger partial charge in [-0.1, -0.05) is 45.2 Å². The minimum atomic E-state index is 0.365. The van der Waals surface area contributed by atoms with Crippen molar-refractivity contribution in [2.45, 2.75) is 52.4 Å². The zero-order valence-electron chi connectivity index (χ0n) is 11.1. The van der Waals surface area contributed by atoms with Crippen LogP contribution in [0.1, 0.15) is 51.5 Å². The molecule has 0 aromatic heterocycles. The highest BCUT2D eigenvalue weighted by atomic mass is 16.3. The Morgan fingerprint density at radius 1 is 1.06 bits per heavy atom. The van der Waals surface area contributed by atoms with Gasteiger partial charge in [-0.2, -0.15) is 0 Å². The predicted octanol–water partition coefficient (Wildman–Crippen LogP) is 4.54. The third-order valence-electron chi connectivity index (χ3n) is 4.31. The minimum Gasteiger partial charge on any atom is -0.508 e. The van der Waals surface area contributed by atoms with Crippen LogP contribution >= 0.6 is 0 Å². The standard InChI is InChI=1S/C16H24O/c1-16(2,14-6-4-3-5-7-14)12-13-8-10-15(17)11-9-13/h8-11,14,17H,3-7,12H2,1-2H3. The molecule has 1 aliphatic rings. The molecule has 0 bridgehead atoms. The summed E-state index contributed by atoms with van der Waals surface area (Å²) in [5, 5.41) is 9.30. The summed E-state index contributed by atoms with van der Waals surface area (Å²) in [6.45, 7) is 4.80. The van der Waals surface area contributed by atoms with Gasteiger partial charge in [-0.25, -0.2) is 0 Å². The molecule has 0 saturated heterocycles. The quantitative estimate of drug-likeness (QED) is 0.811. The molecule has 0 atom stereocenters. The van der Waals surface area contributed by atoms with E-state index in [9.17, 15) is 5.11 Å². The van der Waals surface area contributed by atoms with Gasteiger partial charge in [0.05, 0.1) is 0 Å². The average Bonchev–Trinajstić information content (AvgIpc) is 2.33. The smallest absolute Gasteiger partial charge is 0.115 e. The molecule has 0 amide bonds. The minimum absolute atomic E-state index is 0.365. The lowest BCUT2D eigenvalue weighted by molar-refractivity contribution is 0.157. The fraction of sp³-hybridized carbons (Fsp3) is 0.625. The van der Waals surface area contributed by atoms with Gasteiger partial charge in [0.1, 0.15) is 5.75 Å². The summed E-state index contributed by atoms with van der Waals surface area (Å²) < 4.78 is 0. The summed E-state index contributed by atoms with van der Waals surface area (Å²) in [6.07, 6.45) is 8.15. The van der Waals surface area contributed by atoms with Crippen LogP contribution in [0.15, 0.2) is 24.3 Å². The van der Waals surface area contributed by atoms with E-state index in [-0.39, 0.29) is 0 Å². The Kier molecular flexibility index (Phi) is 3.76. The predicted molar refractivity (Wildman–Crippen MR) is 72.2 cm³/mol. The van der Waals surface area contributed by atoms with Crippen LogP contribution in [0.3, 0.4) is 0 Å². The van der Waals surface area contributed by atoms with Gasteiger partial charge in [-0.3, -0.25) is 0 Å². The van der Waals surface area contributed by atoms with Crippen molar-refractivity contribution >= 4 is 0 Å². The highest BCUT2D eigenvalue weighted by Crippen LogP contribution is 2.40. The van der Waals surface area contributed by atoms with Crippen molar-refractivity contribution in [2.24, 2.45) is 11.3 Å². The lowest BCUT2D eigenvalue weighted by atomic mass is 9.68. The molecule has 1 aliphatic carbocycles. The summed E-state index contributed by atoms with van der Waals surface area (Å²) in [7, 11) is 0. The monoisotopic (exact) mass is 232 g/mol. The SMILES string of the molecule is CC(C)(Cc1ccc(O)cc1)C1CCCCC1. The lowest BCUT2D eigenvalue weighted by Gasteiger charge is -2.37. The third-order valence-corrected chi connectivity index (χ3v) is 4.31. The second kappa shape index (κ2) is 5.12. The molecule has 1 aromatic rings. The van der Waals surface area contributed by atoms with Gasteiger partial charge in [-0.15, -0.1) is 0 Å². The van der Waals surface area contributed by atoms with Crippen molar-refractivity contribution in [1.29, 1.82) is 0 Å². The summed E-state index contributed by atoms with van der Waals surface area (Å²) in [6, 6.07) is 7.71. The number of phenolic OH excluding ortho intramolecular Hbond substituents is 1. The molecule has 1 nitrogen and oxygen atoms in total. The van der Waals surface area contributed by atoms with Crippen molar-refractivity contribution in [3.63, 3.8) is 0 Å². The molecule has 1 aromatic carbocycles. The fourth-order valence-corrected chi connectivity index (χ4v) is 3.17. The third kappa shape index (κ3) is 3.24. The van der Waals surface area contributed by atoms with E-state index in [1.165, 1.54) is 37.7 Å². The first kappa shape index (κ1) is 12.5. The zero-order valence-corrected chi connectivity index (χ0v) is 11.1. The first-order valence-corrected chi connectivity index (χ1v) is 6.86. The van der Waals surface area contributed by atoms with Gasteiger partial charge in [0, 0.05) is 0 Å². The normalized spacial score (nSPS) is 18.2. The first-order valence-electron chi connectivity index (χ1n) is 6.86. The summed E-state index contributed by atoms with van der Waals surface area (Å²) in [5.41, 5.74) is 1.73. The van der Waals surface area contributed by atoms with E-state index in [4.69, 9.17) is 0 Å². The van der Waals surface area contributed by atoms with E-state index in [0.717, 1.165) is 12.3 Å². The molecular formula is C16H24O. The Labute approximate surface area is 105 Å². The van der Waals surface area contributed by atoms with Crippen LogP contribution in [-0.2, 0) is 6.42 Å². The summed E-state index contributed by atoms with van der Waals surface area (Å²) >= 11 is 0. The van der Waals surface area contributed by atoms with Crippen LogP contribution in [0.5, 0.6) is 5.75 Å². The molecule has 17 heavy (non-hydrogen) atoms. The number of hydrogen-bond donors (Lipinski definition) is 1. The molecule has 0 radical (unpaired) electrons. The number of aromatic hydroxyl groups is 1. The van der Waals surface area contributed by atoms with Gasteiger partial charge >= 0.3 is 0 Å². The van der Waals surface area contributed by atoms with E-state index >= 15 is 0 Å². The summed E-state index contributed by atoms with van der Waals surface area (Å²) in [5.74, 6) is 1.23. The van der Waals surface area contributed by atoms with E-state index in [1.807, 2.05) is 0 Å². The van der Waals surface area contributed by atoms with Gasteiger partial charge in [0.15, 0.2) is 0 Å². The van der Waals surface area contributed by atoms with Crippen molar-refractivity contribution in [2.75, 3.05) is 0 Å². The molecule has 1 fully saturated rings. The zero-order chi connectivity index (χ0) is 12.3. The molecule has 1 saturated carbocycles. The number of phenols is 1. The second-order valence-electron chi connectivity index (χ2n) is 6.17. The lowest BCUT2D eigenvalue weighted by Crippen LogP contribution is -2.28. The Balaban J connectivity index is 2.02. The molecule has 0 heterocycles. The molecule has 0 spiro atoms. The van der Waals surface area contributed by atoms with Crippen molar-refractivity contribution in [3.05, 3.63) is 29.8 Å². The fourth-order valence-electron chi connectivity index (χ4n) is 3.17. The largest absolute Gasteiger partial charge is 0.508 e. The number of benzene rings is 1. The average molecular weight is 232 g/mol. The Bertz CT molecular complexity index is 344. The van der Waals surface area contributed by atoms with Crippen molar-refractivity contribution in [3.8, 4) is 5.75 Å². The second-order valence-corrected chi connectivity index (χ2v) is 6.17. The first-order chi connectivity index (χ1) is 8.08. The van der Waals surface area contributed by atoms with Gasteiger partial charge in [-0.05, 0) is 48.3 Å². The van der Waals surface area contributed by atoms with E-state index in [2.05, 4.69) is 26.0 Å². The molecule has 0 aliphatic heterocycles. The van der Waals surface area contributed by atoms with Crippen LogP contribution in [0, 0.1) is 11.3 Å². The highest BCUT2D eigenvalue weighted by Gasteiger charge is 2.30. The summed E-state index contributed by atoms with van der Waals surface area (Å²) in [4.78, 5) is 0. The van der Waals surface area contributed by atoms with Crippen LogP contribution < -0.4 is 0 Å². The maximum atomic E-state index is 9.30. The van der Waals surface area contributed by atoms with E-state index in [0.29, 0.717) is 11.2 Å². The Hall–Kier alpha value is -0.980. The molecule has 0 unspecified atom stereocenters. The Morgan fingerprint density at radius 2 is 1.65 bits per heavy atom. The molecule has 2 rings (SSSR count). The van der Waals surface area contributed by atoms with Gasteiger partial charge < -0.3 is 5.11 Å². The van der Waals surface area contributed by atoms with Crippen LogP contribution in [0.25, 0.3) is 0 Å². The maximum absolute atomic E-state index is 9.30. The van der Waals surface area contributed by atoms with Gasteiger partial charge in [0.25, 0.3) is 0 Å². The number of rotatable bonds is 3. The molecule has 1 heteroatoms. The Morgan fingerprint density at radius 3 is 2.24 bits per heavy atom. The van der Waals surface area contributed by atoms with Crippen LogP contribution in [0.4, 0.5) is 0 Å². The molecular weight excluding hydrogens is 208 g/mol. The van der Waals surface area contributed by atoms with Crippen LogP contribution in [0.2, 0.25) is 0 Å². The number of hydrogen-bond acceptors (Lipinski definition) is 1. The topological polar surface area (TPSA) is 20.2 Å². The van der Waals surface area contributed by atoms with Crippen LogP contribution in [-0.4, -0.2) is 5.11 Å². The van der Waals surface area contributed by atoms with Crippen molar-refractivity contribution < 1.29 is 5.11 Å².